The van der Waals surface area contributed by atoms with Crippen LogP contribution in [0.5, 0.6) is 0 Å². The van der Waals surface area contributed by atoms with Crippen molar-refractivity contribution >= 4 is 16.7 Å². The fourth-order valence-electron chi connectivity index (χ4n) is 2.18. The average Bonchev–Trinajstić information content (AvgIpc) is 2.42. The Bertz CT molecular complexity index is 626. The molecule has 2 rings (SSSR count). The van der Waals surface area contributed by atoms with Crippen LogP contribution in [0.15, 0.2) is 36.7 Å². The van der Waals surface area contributed by atoms with Crippen molar-refractivity contribution in [2.24, 2.45) is 0 Å². The Hall–Kier alpha value is -1.94. The summed E-state index contributed by atoms with van der Waals surface area (Å²) < 4.78 is 0. The molecule has 0 aliphatic heterocycles. The molecular weight excluding hydrogens is 262 g/mol. The van der Waals surface area contributed by atoms with Gasteiger partial charge in [-0.25, -0.2) is 0 Å². The van der Waals surface area contributed by atoms with Crippen molar-refractivity contribution in [2.45, 2.75) is 45.8 Å². The summed E-state index contributed by atoms with van der Waals surface area (Å²) in [5.74, 6) is 0.0180. The molecule has 0 fully saturated rings. The first-order valence-electron chi connectivity index (χ1n) is 7.24. The average molecular weight is 285 g/mol. The summed E-state index contributed by atoms with van der Waals surface area (Å²) >= 11 is 0. The van der Waals surface area contributed by atoms with Gasteiger partial charge in [-0.3, -0.25) is 9.78 Å². The summed E-state index contributed by atoms with van der Waals surface area (Å²) in [6.07, 6.45) is 3.65. The molecule has 2 N–H and O–H groups in total. The van der Waals surface area contributed by atoms with Gasteiger partial charge in [-0.1, -0.05) is 18.2 Å². The molecule has 1 unspecified atom stereocenters. The molecular formula is C17H23N3O. The molecule has 21 heavy (non-hydrogen) atoms. The van der Waals surface area contributed by atoms with Crippen LogP contribution in [0.3, 0.4) is 0 Å². The van der Waals surface area contributed by atoms with Crippen LogP contribution < -0.4 is 10.6 Å². The summed E-state index contributed by atoms with van der Waals surface area (Å²) in [6.45, 7) is 8.48. The highest BCUT2D eigenvalue weighted by Gasteiger charge is 2.18. The van der Waals surface area contributed by atoms with Crippen LogP contribution in [0.25, 0.3) is 10.8 Å². The highest BCUT2D eigenvalue weighted by Crippen LogP contribution is 2.17. The van der Waals surface area contributed by atoms with E-state index in [9.17, 15) is 4.79 Å². The molecule has 0 saturated carbocycles. The minimum absolute atomic E-state index is 0.0180. The second-order valence-corrected chi connectivity index (χ2v) is 6.36. The number of amides is 1. The highest BCUT2D eigenvalue weighted by atomic mass is 16.2. The monoisotopic (exact) mass is 285 g/mol. The van der Waals surface area contributed by atoms with Gasteiger partial charge in [0.05, 0.1) is 6.04 Å². The van der Waals surface area contributed by atoms with Crippen LogP contribution >= 0.6 is 0 Å². The zero-order valence-electron chi connectivity index (χ0n) is 13.1. The Morgan fingerprint density at radius 3 is 2.76 bits per heavy atom. The topological polar surface area (TPSA) is 54.0 Å². The Morgan fingerprint density at radius 1 is 1.29 bits per heavy atom. The molecule has 0 aliphatic rings. The lowest BCUT2D eigenvalue weighted by atomic mass is 10.1. The maximum atomic E-state index is 12.1. The van der Waals surface area contributed by atoms with E-state index >= 15 is 0 Å². The smallest absolute Gasteiger partial charge is 0.237 e. The number of fused-ring (bicyclic) bond motifs is 1. The van der Waals surface area contributed by atoms with Crippen molar-refractivity contribution in [1.82, 2.24) is 15.6 Å². The van der Waals surface area contributed by atoms with E-state index in [0.717, 1.165) is 5.39 Å². The molecule has 4 nitrogen and oxygen atoms in total. The number of rotatable bonds is 4. The zero-order chi connectivity index (χ0) is 15.5. The van der Waals surface area contributed by atoms with Gasteiger partial charge in [0.1, 0.15) is 0 Å². The third kappa shape index (κ3) is 4.26. The van der Waals surface area contributed by atoms with Crippen LogP contribution in [0.4, 0.5) is 0 Å². The summed E-state index contributed by atoms with van der Waals surface area (Å²) in [7, 11) is 0. The molecule has 2 aromatic rings. The first-order valence-corrected chi connectivity index (χ1v) is 7.24. The van der Waals surface area contributed by atoms with Gasteiger partial charge in [0.25, 0.3) is 0 Å². The molecule has 1 atom stereocenters. The van der Waals surface area contributed by atoms with Gasteiger partial charge in [0, 0.05) is 29.9 Å². The second kappa shape index (κ2) is 6.22. The number of hydrogen-bond acceptors (Lipinski definition) is 3. The van der Waals surface area contributed by atoms with Crippen molar-refractivity contribution in [3.05, 3.63) is 42.2 Å². The first kappa shape index (κ1) is 15.4. The van der Waals surface area contributed by atoms with E-state index in [0.29, 0.717) is 6.54 Å². The molecule has 0 radical (unpaired) electrons. The lowest BCUT2D eigenvalue weighted by molar-refractivity contribution is -0.124. The third-order valence-corrected chi connectivity index (χ3v) is 3.26. The van der Waals surface area contributed by atoms with E-state index in [1.165, 1.54) is 10.9 Å². The van der Waals surface area contributed by atoms with E-state index in [1.54, 1.807) is 6.20 Å². The molecule has 1 aromatic carbocycles. The van der Waals surface area contributed by atoms with Gasteiger partial charge in [0.2, 0.25) is 5.91 Å². The quantitative estimate of drug-likeness (QED) is 0.908. The molecule has 1 amide bonds. The molecule has 1 heterocycles. The van der Waals surface area contributed by atoms with Crippen LogP contribution in [0.2, 0.25) is 0 Å². The second-order valence-electron chi connectivity index (χ2n) is 6.36. The van der Waals surface area contributed by atoms with Crippen molar-refractivity contribution < 1.29 is 4.79 Å². The highest BCUT2D eigenvalue weighted by molar-refractivity contribution is 5.85. The van der Waals surface area contributed by atoms with Crippen LogP contribution in [0, 0.1) is 0 Å². The normalized spacial score (nSPS) is 13.1. The van der Waals surface area contributed by atoms with E-state index in [-0.39, 0.29) is 17.5 Å². The van der Waals surface area contributed by atoms with Crippen LogP contribution in [0.1, 0.15) is 33.3 Å². The Labute approximate surface area is 126 Å². The van der Waals surface area contributed by atoms with E-state index in [2.05, 4.69) is 21.7 Å². The number of aromatic nitrogens is 1. The number of benzene rings is 1. The minimum atomic E-state index is -0.235. The van der Waals surface area contributed by atoms with Gasteiger partial charge in [-0.15, -0.1) is 0 Å². The van der Waals surface area contributed by atoms with E-state index in [4.69, 9.17) is 0 Å². The molecule has 0 saturated heterocycles. The molecule has 1 aromatic heterocycles. The predicted octanol–water partition coefficient (Wildman–Crippen LogP) is 2.63. The fourth-order valence-corrected chi connectivity index (χ4v) is 2.18. The Balaban J connectivity index is 2.03. The Kier molecular flexibility index (Phi) is 4.58. The van der Waals surface area contributed by atoms with Gasteiger partial charge < -0.3 is 10.6 Å². The minimum Gasteiger partial charge on any atom is -0.350 e. The Morgan fingerprint density at radius 2 is 2.05 bits per heavy atom. The van der Waals surface area contributed by atoms with Crippen LogP contribution in [-0.4, -0.2) is 22.5 Å². The third-order valence-electron chi connectivity index (χ3n) is 3.26. The summed E-state index contributed by atoms with van der Waals surface area (Å²) in [4.78, 5) is 16.2. The van der Waals surface area contributed by atoms with E-state index < -0.39 is 0 Å². The number of carbonyl (C=O) groups is 1. The molecule has 0 aliphatic carbocycles. The largest absolute Gasteiger partial charge is 0.350 e. The van der Waals surface area contributed by atoms with Gasteiger partial charge in [-0.05, 0) is 44.7 Å². The van der Waals surface area contributed by atoms with Crippen molar-refractivity contribution in [3.8, 4) is 0 Å². The first-order chi connectivity index (χ1) is 9.87. The summed E-state index contributed by atoms with van der Waals surface area (Å²) in [5.41, 5.74) is 0.961. The predicted molar refractivity (Wildman–Crippen MR) is 85.9 cm³/mol. The standard InChI is InChI=1S/C17H23N3O/c1-12(16(21)20-17(2,3)4)19-11-14-7-5-6-13-10-18-9-8-15(13)14/h5-10,12,19H,11H2,1-4H3,(H,20,21). The summed E-state index contributed by atoms with van der Waals surface area (Å²) in [6, 6.07) is 7.90. The zero-order valence-corrected chi connectivity index (χ0v) is 13.1. The lowest BCUT2D eigenvalue weighted by Gasteiger charge is -2.23. The SMILES string of the molecule is CC(NCc1cccc2cnccc12)C(=O)NC(C)(C)C. The van der Waals surface area contributed by atoms with E-state index in [1.807, 2.05) is 52.1 Å². The number of pyridine rings is 1. The number of carbonyl (C=O) groups excluding carboxylic acids is 1. The number of hydrogen-bond donors (Lipinski definition) is 2. The van der Waals surface area contributed by atoms with Gasteiger partial charge in [-0.2, -0.15) is 0 Å². The lowest BCUT2D eigenvalue weighted by Crippen LogP contribution is -2.49. The molecule has 112 valence electrons. The van der Waals surface area contributed by atoms with Crippen molar-refractivity contribution in [1.29, 1.82) is 0 Å². The van der Waals surface area contributed by atoms with Crippen LogP contribution in [-0.2, 0) is 11.3 Å². The molecule has 0 bridgehead atoms. The van der Waals surface area contributed by atoms with Crippen molar-refractivity contribution in [3.63, 3.8) is 0 Å². The molecule has 4 heteroatoms. The summed E-state index contributed by atoms with van der Waals surface area (Å²) in [5, 5.41) is 8.55. The van der Waals surface area contributed by atoms with Gasteiger partial charge >= 0.3 is 0 Å². The fraction of sp³-hybridized carbons (Fsp3) is 0.412. The number of nitrogens with one attached hydrogen (secondary N) is 2. The number of nitrogens with zero attached hydrogens (tertiary/aromatic N) is 1. The maximum Gasteiger partial charge on any atom is 0.237 e. The van der Waals surface area contributed by atoms with Gasteiger partial charge in [0.15, 0.2) is 0 Å². The maximum absolute atomic E-state index is 12.1. The molecule has 0 spiro atoms. The van der Waals surface area contributed by atoms with Crippen molar-refractivity contribution in [2.75, 3.05) is 0 Å².